The van der Waals surface area contributed by atoms with Gasteiger partial charge >= 0.3 is 0 Å². The molecule has 0 bridgehead atoms. The minimum absolute atomic E-state index is 0.0367. The fourth-order valence-electron chi connectivity index (χ4n) is 3.34. The summed E-state index contributed by atoms with van der Waals surface area (Å²) in [5.41, 5.74) is 2.53. The molecule has 2 aromatic heterocycles. The van der Waals surface area contributed by atoms with Crippen LogP contribution in [0.3, 0.4) is 0 Å². The molecule has 0 N–H and O–H groups in total. The van der Waals surface area contributed by atoms with Crippen molar-refractivity contribution in [2.45, 2.75) is 53.0 Å². The molecule has 0 spiro atoms. The molecule has 0 saturated carbocycles. The lowest BCUT2D eigenvalue weighted by molar-refractivity contribution is -0.132. The number of hydrogen-bond donors (Lipinski definition) is 0. The van der Waals surface area contributed by atoms with Crippen molar-refractivity contribution in [3.05, 3.63) is 22.5 Å². The van der Waals surface area contributed by atoms with Crippen molar-refractivity contribution in [2.24, 2.45) is 0 Å². The number of aromatic nitrogens is 2. The average molecular weight is 349 g/mol. The number of rotatable bonds is 3. The van der Waals surface area contributed by atoms with E-state index in [1.165, 1.54) is 16.3 Å². The lowest BCUT2D eigenvalue weighted by atomic mass is 9.90. The molecule has 1 saturated heterocycles. The minimum atomic E-state index is 0.0367. The third-order valence-electron chi connectivity index (χ3n) is 4.65. The molecule has 1 amide bonds. The van der Waals surface area contributed by atoms with Crippen LogP contribution in [0.15, 0.2) is 6.20 Å². The van der Waals surface area contributed by atoms with Crippen LogP contribution in [0, 0.1) is 6.92 Å². The van der Waals surface area contributed by atoms with Crippen LogP contribution in [0.2, 0.25) is 0 Å². The summed E-state index contributed by atoms with van der Waals surface area (Å²) >= 11 is 1.75. The SMILES string of the molecule is CCC(=O)N1CCN(Cc2c(C(C)(C)C)nc3sc(C)cn23)CC1. The van der Waals surface area contributed by atoms with Crippen molar-refractivity contribution in [1.29, 1.82) is 0 Å². The molecule has 6 heteroatoms. The highest BCUT2D eigenvalue weighted by Gasteiger charge is 2.27. The summed E-state index contributed by atoms with van der Waals surface area (Å²) in [5, 5.41) is 0. The zero-order valence-electron chi connectivity index (χ0n) is 15.4. The Balaban J connectivity index is 1.81. The van der Waals surface area contributed by atoms with Gasteiger partial charge in [0.15, 0.2) is 4.96 Å². The average Bonchev–Trinajstić information content (AvgIpc) is 3.04. The second-order valence-corrected chi connectivity index (χ2v) is 8.88. The summed E-state index contributed by atoms with van der Waals surface area (Å²) in [7, 11) is 0. The largest absolute Gasteiger partial charge is 0.340 e. The Kier molecular flexibility index (Phi) is 4.71. The van der Waals surface area contributed by atoms with Crippen LogP contribution in [0.4, 0.5) is 0 Å². The quantitative estimate of drug-likeness (QED) is 0.856. The van der Waals surface area contributed by atoms with Crippen LogP contribution < -0.4 is 0 Å². The monoisotopic (exact) mass is 348 g/mol. The van der Waals surface area contributed by atoms with E-state index in [0.717, 1.165) is 37.7 Å². The molecule has 5 nitrogen and oxygen atoms in total. The number of nitrogens with zero attached hydrogens (tertiary/aromatic N) is 4. The summed E-state index contributed by atoms with van der Waals surface area (Å²) in [6.45, 7) is 15.2. The van der Waals surface area contributed by atoms with E-state index in [2.05, 4.69) is 43.2 Å². The molecule has 0 atom stereocenters. The van der Waals surface area contributed by atoms with Crippen LogP contribution in [0.1, 0.15) is 50.4 Å². The van der Waals surface area contributed by atoms with Crippen molar-refractivity contribution >= 4 is 22.2 Å². The highest BCUT2D eigenvalue weighted by Crippen LogP contribution is 2.30. The van der Waals surface area contributed by atoms with E-state index < -0.39 is 0 Å². The Hall–Kier alpha value is -1.40. The molecule has 0 aromatic carbocycles. The molecule has 1 fully saturated rings. The first-order valence-electron chi connectivity index (χ1n) is 8.77. The van der Waals surface area contributed by atoms with Gasteiger partial charge in [-0.15, -0.1) is 11.3 Å². The highest BCUT2D eigenvalue weighted by atomic mass is 32.1. The third kappa shape index (κ3) is 3.35. The summed E-state index contributed by atoms with van der Waals surface area (Å²) in [6.07, 6.45) is 2.81. The van der Waals surface area contributed by atoms with E-state index >= 15 is 0 Å². The van der Waals surface area contributed by atoms with E-state index in [1.54, 1.807) is 11.3 Å². The molecule has 132 valence electrons. The number of imidazole rings is 1. The van der Waals surface area contributed by atoms with Gasteiger partial charge in [-0.3, -0.25) is 14.1 Å². The number of amides is 1. The Bertz CT molecular complexity index is 732. The van der Waals surface area contributed by atoms with E-state index in [4.69, 9.17) is 4.98 Å². The molecule has 0 radical (unpaired) electrons. The van der Waals surface area contributed by atoms with Gasteiger partial charge in [0.25, 0.3) is 0 Å². The van der Waals surface area contributed by atoms with Crippen LogP contribution in [0.25, 0.3) is 4.96 Å². The smallest absolute Gasteiger partial charge is 0.222 e. The molecule has 3 heterocycles. The molecule has 1 aliphatic heterocycles. The Morgan fingerprint density at radius 3 is 2.50 bits per heavy atom. The van der Waals surface area contributed by atoms with Crippen LogP contribution in [0.5, 0.6) is 0 Å². The van der Waals surface area contributed by atoms with Crippen molar-refractivity contribution in [3.8, 4) is 0 Å². The second-order valence-electron chi connectivity index (χ2n) is 7.66. The summed E-state index contributed by atoms with van der Waals surface area (Å²) in [6, 6.07) is 0. The van der Waals surface area contributed by atoms with Crippen molar-refractivity contribution in [2.75, 3.05) is 26.2 Å². The van der Waals surface area contributed by atoms with Crippen LogP contribution >= 0.6 is 11.3 Å². The zero-order chi connectivity index (χ0) is 17.5. The Morgan fingerprint density at radius 2 is 1.92 bits per heavy atom. The number of carbonyl (C=O) groups is 1. The van der Waals surface area contributed by atoms with Gasteiger partial charge in [-0.25, -0.2) is 4.98 Å². The van der Waals surface area contributed by atoms with Crippen molar-refractivity contribution in [3.63, 3.8) is 0 Å². The van der Waals surface area contributed by atoms with Gasteiger partial charge < -0.3 is 4.90 Å². The first kappa shape index (κ1) is 17.4. The first-order valence-corrected chi connectivity index (χ1v) is 9.59. The number of thiazole rings is 1. The van der Waals surface area contributed by atoms with E-state index in [-0.39, 0.29) is 11.3 Å². The van der Waals surface area contributed by atoms with Crippen molar-refractivity contribution in [1.82, 2.24) is 19.2 Å². The van der Waals surface area contributed by atoms with Gasteiger partial charge in [0, 0.05) is 55.6 Å². The normalized spacial score (nSPS) is 17.0. The fourth-order valence-corrected chi connectivity index (χ4v) is 4.19. The predicted octanol–water partition coefficient (Wildman–Crippen LogP) is 3.06. The standard InChI is InChI=1S/C18H28N4OS/c1-6-15(23)21-9-7-20(8-10-21)12-14-16(18(3,4)5)19-17-22(14)11-13(2)24-17/h11H,6-10,12H2,1-5H3. The molecular formula is C18H28N4OS. The van der Waals surface area contributed by atoms with Gasteiger partial charge in [0.2, 0.25) is 5.91 Å². The van der Waals surface area contributed by atoms with Gasteiger partial charge in [-0.2, -0.15) is 0 Å². The fraction of sp³-hybridized carbons (Fsp3) is 0.667. The molecule has 0 unspecified atom stereocenters. The maximum absolute atomic E-state index is 11.8. The summed E-state index contributed by atoms with van der Waals surface area (Å²) in [5.74, 6) is 0.269. The molecule has 2 aromatic rings. The minimum Gasteiger partial charge on any atom is -0.340 e. The van der Waals surface area contributed by atoms with Gasteiger partial charge in [-0.05, 0) is 6.92 Å². The van der Waals surface area contributed by atoms with Gasteiger partial charge in [0.1, 0.15) is 0 Å². The van der Waals surface area contributed by atoms with Crippen LogP contribution in [-0.4, -0.2) is 51.3 Å². The van der Waals surface area contributed by atoms with Crippen LogP contribution in [-0.2, 0) is 16.8 Å². The first-order chi connectivity index (χ1) is 11.3. The topological polar surface area (TPSA) is 40.9 Å². The molecular weight excluding hydrogens is 320 g/mol. The Labute approximate surface area is 148 Å². The number of carbonyl (C=O) groups excluding carboxylic acids is 1. The van der Waals surface area contributed by atoms with E-state index in [1.807, 2.05) is 11.8 Å². The molecule has 1 aliphatic rings. The predicted molar refractivity (Wildman–Crippen MR) is 98.7 cm³/mol. The third-order valence-corrected chi connectivity index (χ3v) is 5.55. The maximum Gasteiger partial charge on any atom is 0.222 e. The maximum atomic E-state index is 11.8. The number of fused-ring (bicyclic) bond motifs is 1. The molecule has 24 heavy (non-hydrogen) atoms. The second kappa shape index (κ2) is 6.48. The highest BCUT2D eigenvalue weighted by molar-refractivity contribution is 7.17. The van der Waals surface area contributed by atoms with Gasteiger partial charge in [0.05, 0.1) is 11.4 Å². The van der Waals surface area contributed by atoms with Gasteiger partial charge in [-0.1, -0.05) is 27.7 Å². The number of hydrogen-bond acceptors (Lipinski definition) is 4. The molecule has 3 rings (SSSR count). The summed E-state index contributed by atoms with van der Waals surface area (Å²) < 4.78 is 2.27. The Morgan fingerprint density at radius 1 is 1.25 bits per heavy atom. The number of piperazine rings is 1. The summed E-state index contributed by atoms with van der Waals surface area (Å²) in [4.78, 5) is 23.6. The van der Waals surface area contributed by atoms with E-state index in [0.29, 0.717) is 6.42 Å². The molecule has 0 aliphatic carbocycles. The lowest BCUT2D eigenvalue weighted by Gasteiger charge is -2.35. The van der Waals surface area contributed by atoms with Crippen molar-refractivity contribution < 1.29 is 4.79 Å². The zero-order valence-corrected chi connectivity index (χ0v) is 16.2. The van der Waals surface area contributed by atoms with E-state index in [9.17, 15) is 4.79 Å². The number of aryl methyl sites for hydroxylation is 1. The lowest BCUT2D eigenvalue weighted by Crippen LogP contribution is -2.48.